The SMILES string of the molecule is Cc1cc(C)c(Nc2ccc3c(-c4ccccc4S(=O)(=O)O)c4ccc(=Nc5c(C)c(NC(=O)Nc6ccc(OC7CCCCC7)c(C(=O)O)c6)c(C)c(S(=O)(=O)O)c5C)cc-4oc3c2)c(C)c1NC(=O)Nc1ccc(OC2CCCCC2)cc1. The molecule has 0 radical (unpaired) electrons. The van der Waals surface area contributed by atoms with Gasteiger partial charge in [-0.05, 0) is 199 Å². The zero-order chi connectivity index (χ0) is 60.5. The van der Waals surface area contributed by atoms with Gasteiger partial charge in [0.25, 0.3) is 20.2 Å². The minimum absolute atomic E-state index is 0.00262. The molecule has 0 unspecified atom stereocenters. The number of fused-ring (bicyclic) bond motifs is 2. The minimum atomic E-state index is -4.95. The highest BCUT2D eigenvalue weighted by atomic mass is 32.2. The zero-order valence-corrected chi connectivity index (χ0v) is 49.4. The molecule has 1 heterocycles. The molecule has 4 amide bonds. The van der Waals surface area contributed by atoms with Crippen molar-refractivity contribution in [3.63, 3.8) is 0 Å². The third-order valence-corrected chi connectivity index (χ3v) is 17.8. The predicted molar refractivity (Wildman–Crippen MR) is 328 cm³/mol. The summed E-state index contributed by atoms with van der Waals surface area (Å²) in [5, 5.41) is 25.6. The summed E-state index contributed by atoms with van der Waals surface area (Å²) in [4.78, 5) is 43.7. The number of nitrogens with zero attached hydrogens (tertiary/aromatic N) is 1. The van der Waals surface area contributed by atoms with Crippen molar-refractivity contribution >= 4 is 89.0 Å². The van der Waals surface area contributed by atoms with Gasteiger partial charge in [0, 0.05) is 57.0 Å². The van der Waals surface area contributed by atoms with Crippen molar-refractivity contribution in [2.45, 2.75) is 128 Å². The maximum atomic E-state index is 13.8. The van der Waals surface area contributed by atoms with Crippen molar-refractivity contribution in [3.05, 3.63) is 153 Å². The number of hydrogen-bond acceptors (Lipinski definition) is 12. The molecule has 442 valence electrons. The van der Waals surface area contributed by atoms with Crippen LogP contribution in [0.1, 0.15) is 108 Å². The van der Waals surface area contributed by atoms with E-state index in [9.17, 15) is 45.4 Å². The quantitative estimate of drug-likeness (QED) is 0.0350. The Bertz CT molecular complexity index is 4230. The highest BCUT2D eigenvalue weighted by Gasteiger charge is 2.28. The number of aromatic carboxylic acids is 1. The van der Waals surface area contributed by atoms with Gasteiger partial charge in [-0.2, -0.15) is 16.8 Å². The van der Waals surface area contributed by atoms with E-state index in [0.717, 1.165) is 80.2 Å². The van der Waals surface area contributed by atoms with E-state index >= 15 is 0 Å². The standard InChI is InChI=1S/C64H66N6O13S2/c1-35-31-36(2)58(69-63(73)67-41-21-26-47(27-22-41)81-45-15-9-7-10-16-45)37(3)57(35)65-43-23-28-48-53(33-43)83-54-34-44(24-29-49(54)56(48)50-19-13-14-20-55(50)84(75,76)77)66-59-38(4)60(40(6)61(39(59)5)85(78,79)80)70-64(74)68-42-25-30-52(51(32-42)62(71)72)82-46-17-11-8-12-18-46/h13-14,19-34,45-46,65H,7-12,15-18H2,1-6H3,(H,71,72)(H2,67,69,73)(H2,68,70,74)(H,75,76,77)(H,78,79,80). The summed E-state index contributed by atoms with van der Waals surface area (Å²) < 4.78 is 92.4. The summed E-state index contributed by atoms with van der Waals surface area (Å²) in [5.74, 6) is -0.134. The Labute approximate surface area is 492 Å². The number of rotatable bonds is 15. The van der Waals surface area contributed by atoms with Gasteiger partial charge in [0.1, 0.15) is 38.2 Å². The molecule has 19 nitrogen and oxygen atoms in total. The smallest absolute Gasteiger partial charge is 0.339 e. The first-order valence-corrected chi connectivity index (χ1v) is 31.0. The summed E-state index contributed by atoms with van der Waals surface area (Å²) in [6.45, 7) is 10.2. The Morgan fingerprint density at radius 3 is 1.84 bits per heavy atom. The molecule has 6 aromatic carbocycles. The Morgan fingerprint density at radius 1 is 0.565 bits per heavy atom. The van der Waals surface area contributed by atoms with Crippen LogP contribution < -0.4 is 41.4 Å². The second-order valence-electron chi connectivity index (χ2n) is 21.8. The lowest BCUT2D eigenvalue weighted by Crippen LogP contribution is -2.23. The number of carboxylic acid groups (broad SMARTS) is 1. The second kappa shape index (κ2) is 24.4. The Balaban J connectivity index is 0.994. The third kappa shape index (κ3) is 13.1. The molecule has 3 aliphatic carbocycles. The molecule has 21 heteroatoms. The molecule has 0 bridgehead atoms. The molecular formula is C64H66N6O13S2. The van der Waals surface area contributed by atoms with E-state index in [1.54, 1.807) is 67.6 Å². The zero-order valence-electron chi connectivity index (χ0n) is 47.8. The molecular weight excluding hydrogens is 1120 g/mol. The molecule has 10 rings (SSSR count). The normalized spacial score (nSPS) is 14.5. The molecule has 0 atom stereocenters. The molecule has 0 spiro atoms. The van der Waals surface area contributed by atoms with Gasteiger partial charge in [-0.1, -0.05) is 37.1 Å². The number of carbonyl (C=O) groups excluding carboxylic acids is 2. The number of anilines is 6. The van der Waals surface area contributed by atoms with Crippen LogP contribution in [-0.2, 0) is 20.2 Å². The lowest BCUT2D eigenvalue weighted by molar-refractivity contribution is 0.0686. The van der Waals surface area contributed by atoms with Gasteiger partial charge in [0.2, 0.25) is 0 Å². The third-order valence-electron chi connectivity index (χ3n) is 15.8. The maximum Gasteiger partial charge on any atom is 0.339 e. The number of benzene rings is 7. The molecule has 6 aromatic rings. The summed E-state index contributed by atoms with van der Waals surface area (Å²) >= 11 is 0. The fourth-order valence-corrected chi connectivity index (χ4v) is 13.4. The summed E-state index contributed by atoms with van der Waals surface area (Å²) in [6, 6.07) is 28.3. The molecule has 0 saturated heterocycles. The molecule has 2 saturated carbocycles. The van der Waals surface area contributed by atoms with E-state index in [4.69, 9.17) is 18.9 Å². The average Bonchev–Trinajstić information content (AvgIpc) is 1.75. The van der Waals surface area contributed by atoms with Crippen LogP contribution in [0.5, 0.6) is 11.5 Å². The molecule has 0 aromatic heterocycles. The highest BCUT2D eigenvalue weighted by molar-refractivity contribution is 7.86. The van der Waals surface area contributed by atoms with Gasteiger partial charge in [0.05, 0.1) is 34.6 Å². The van der Waals surface area contributed by atoms with E-state index in [0.29, 0.717) is 44.8 Å². The van der Waals surface area contributed by atoms with E-state index < -0.39 is 43.2 Å². The van der Waals surface area contributed by atoms with Crippen molar-refractivity contribution in [3.8, 4) is 33.9 Å². The van der Waals surface area contributed by atoms with Gasteiger partial charge in [-0.3, -0.25) is 9.11 Å². The Kier molecular flexibility index (Phi) is 17.1. The molecule has 8 N–H and O–H groups in total. The molecule has 85 heavy (non-hydrogen) atoms. The van der Waals surface area contributed by atoms with E-state index in [1.807, 2.05) is 39.0 Å². The van der Waals surface area contributed by atoms with Crippen molar-refractivity contribution in [2.24, 2.45) is 4.99 Å². The summed E-state index contributed by atoms with van der Waals surface area (Å²) in [6.07, 6.45) is 10.3. The first-order valence-electron chi connectivity index (χ1n) is 28.1. The van der Waals surface area contributed by atoms with Crippen LogP contribution in [0.4, 0.5) is 49.4 Å². The minimum Gasteiger partial charge on any atom is -0.490 e. The number of aryl methyl sites for hydroxylation is 2. The van der Waals surface area contributed by atoms with E-state index in [2.05, 4.69) is 26.6 Å². The van der Waals surface area contributed by atoms with Crippen molar-refractivity contribution < 1.29 is 59.3 Å². The summed E-state index contributed by atoms with van der Waals surface area (Å²) in [7, 11) is -9.72. The largest absolute Gasteiger partial charge is 0.490 e. The van der Waals surface area contributed by atoms with Crippen LogP contribution in [0.15, 0.2) is 128 Å². The van der Waals surface area contributed by atoms with Gasteiger partial charge >= 0.3 is 18.0 Å². The van der Waals surface area contributed by atoms with Crippen LogP contribution in [0.3, 0.4) is 0 Å². The van der Waals surface area contributed by atoms with Crippen LogP contribution in [0.2, 0.25) is 0 Å². The number of hydrogen-bond donors (Lipinski definition) is 8. The molecule has 4 aliphatic rings. The van der Waals surface area contributed by atoms with Crippen LogP contribution in [-0.4, -0.2) is 61.3 Å². The highest BCUT2D eigenvalue weighted by Crippen LogP contribution is 2.45. The van der Waals surface area contributed by atoms with E-state index in [1.165, 1.54) is 50.6 Å². The Morgan fingerprint density at radius 2 is 1.18 bits per heavy atom. The maximum absolute atomic E-state index is 13.8. The van der Waals surface area contributed by atoms with Crippen LogP contribution in [0.25, 0.3) is 33.4 Å². The van der Waals surface area contributed by atoms with Crippen molar-refractivity contribution in [1.82, 2.24) is 0 Å². The monoisotopic (exact) mass is 1190 g/mol. The van der Waals surface area contributed by atoms with Gasteiger partial charge in [-0.15, -0.1) is 0 Å². The number of nitrogens with one attached hydrogen (secondary N) is 5. The first kappa shape index (κ1) is 59.4. The topological polar surface area (TPSA) is 284 Å². The molecule has 2 fully saturated rings. The van der Waals surface area contributed by atoms with Gasteiger partial charge < -0.3 is 45.6 Å². The van der Waals surface area contributed by atoms with E-state index in [-0.39, 0.29) is 78.9 Å². The van der Waals surface area contributed by atoms with Crippen molar-refractivity contribution in [2.75, 3.05) is 26.6 Å². The average molecular weight is 1190 g/mol. The number of carbonyl (C=O) groups is 3. The lowest BCUT2D eigenvalue weighted by atomic mass is 9.93. The number of urea groups is 2. The number of ether oxygens (including phenoxy) is 2. The van der Waals surface area contributed by atoms with Crippen molar-refractivity contribution in [1.29, 1.82) is 0 Å². The Hall–Kier alpha value is -8.76. The fraction of sp³-hybridized carbons (Fsp3) is 0.281. The van der Waals surface area contributed by atoms with Crippen LogP contribution in [0, 0.1) is 41.5 Å². The second-order valence-corrected chi connectivity index (χ2v) is 24.6. The first-order chi connectivity index (χ1) is 40.5. The predicted octanol–water partition coefficient (Wildman–Crippen LogP) is 14.9. The number of carboxylic acids is 1. The number of amides is 4. The summed E-state index contributed by atoms with van der Waals surface area (Å²) in [5.41, 5.74) is 6.53. The lowest BCUT2D eigenvalue weighted by Gasteiger charge is -2.24. The van der Waals surface area contributed by atoms with Gasteiger partial charge in [0.15, 0.2) is 0 Å². The molecule has 1 aliphatic heterocycles. The fourth-order valence-electron chi connectivity index (χ4n) is 11.8. The van der Waals surface area contributed by atoms with Gasteiger partial charge in [-0.25, -0.2) is 19.4 Å². The van der Waals surface area contributed by atoms with Crippen LogP contribution >= 0.6 is 0 Å².